The van der Waals surface area contributed by atoms with E-state index in [1.54, 1.807) is 18.0 Å². The number of benzene rings is 2. The third-order valence-electron chi connectivity index (χ3n) is 6.10. The highest BCUT2D eigenvalue weighted by atomic mass is 35.5. The van der Waals surface area contributed by atoms with Gasteiger partial charge in [0, 0.05) is 50.9 Å². The van der Waals surface area contributed by atoms with E-state index in [1.807, 2.05) is 47.4 Å². The first-order valence-corrected chi connectivity index (χ1v) is 11.2. The van der Waals surface area contributed by atoms with Gasteiger partial charge < -0.3 is 9.80 Å². The molecule has 2 aromatic rings. The number of nitrogens with zero attached hydrogens (tertiary/aromatic N) is 3. The minimum atomic E-state index is -0.250. The summed E-state index contributed by atoms with van der Waals surface area (Å²) in [6, 6.07) is 15.7. The van der Waals surface area contributed by atoms with Gasteiger partial charge in [-0.3, -0.25) is 14.5 Å². The lowest BCUT2D eigenvalue weighted by molar-refractivity contribution is -0.134. The predicted molar refractivity (Wildman–Crippen MR) is 123 cm³/mol. The average Bonchev–Trinajstić information content (AvgIpc) is 3.01. The van der Waals surface area contributed by atoms with Gasteiger partial charge in [-0.1, -0.05) is 48.0 Å². The van der Waals surface area contributed by atoms with Crippen LogP contribution in [-0.2, 0) is 16.1 Å². The fourth-order valence-electron chi connectivity index (χ4n) is 4.43. The van der Waals surface area contributed by atoms with Crippen molar-refractivity contribution in [2.45, 2.75) is 32.4 Å². The summed E-state index contributed by atoms with van der Waals surface area (Å²) in [6.45, 7) is 5.66. The molecular weight excluding hydrogens is 410 g/mol. The van der Waals surface area contributed by atoms with Crippen molar-refractivity contribution in [3.05, 3.63) is 76.4 Å². The van der Waals surface area contributed by atoms with E-state index in [0.29, 0.717) is 13.0 Å². The molecule has 2 aromatic carbocycles. The smallest absolute Gasteiger partial charge is 0.225 e. The van der Waals surface area contributed by atoms with Crippen molar-refractivity contribution in [1.82, 2.24) is 14.7 Å². The molecule has 2 heterocycles. The first-order valence-electron chi connectivity index (χ1n) is 10.8. The van der Waals surface area contributed by atoms with E-state index in [2.05, 4.69) is 17.0 Å². The van der Waals surface area contributed by atoms with Gasteiger partial charge in [-0.2, -0.15) is 0 Å². The summed E-state index contributed by atoms with van der Waals surface area (Å²) < 4.78 is 0. The quantitative estimate of drug-likeness (QED) is 0.714. The summed E-state index contributed by atoms with van der Waals surface area (Å²) in [7, 11) is 0. The number of amides is 2. The molecule has 2 aliphatic rings. The maximum absolute atomic E-state index is 13.2. The van der Waals surface area contributed by atoms with Crippen LogP contribution in [0, 0.1) is 0 Å². The molecular formula is C25H28ClN3O2. The Morgan fingerprint density at radius 3 is 2.55 bits per heavy atom. The van der Waals surface area contributed by atoms with Crippen LogP contribution in [0.4, 0.5) is 0 Å². The van der Waals surface area contributed by atoms with Gasteiger partial charge in [0.15, 0.2) is 0 Å². The second kappa shape index (κ2) is 9.67. The Hall–Kier alpha value is -2.63. The Bertz CT molecular complexity index is 973. The molecule has 4 rings (SSSR count). The lowest BCUT2D eigenvalue weighted by Crippen LogP contribution is -2.39. The van der Waals surface area contributed by atoms with E-state index >= 15 is 0 Å². The van der Waals surface area contributed by atoms with Crippen molar-refractivity contribution in [2.24, 2.45) is 0 Å². The molecule has 162 valence electrons. The zero-order chi connectivity index (χ0) is 21.8. The van der Waals surface area contributed by atoms with E-state index in [1.165, 1.54) is 5.56 Å². The van der Waals surface area contributed by atoms with Gasteiger partial charge >= 0.3 is 0 Å². The van der Waals surface area contributed by atoms with Crippen molar-refractivity contribution in [3.8, 4) is 0 Å². The first kappa shape index (κ1) is 21.6. The van der Waals surface area contributed by atoms with Crippen LogP contribution in [0.15, 0.2) is 54.7 Å². The lowest BCUT2D eigenvalue weighted by Gasteiger charge is -2.33. The van der Waals surface area contributed by atoms with Crippen molar-refractivity contribution in [1.29, 1.82) is 0 Å². The zero-order valence-corrected chi connectivity index (χ0v) is 18.6. The maximum Gasteiger partial charge on any atom is 0.225 e. The normalized spacial score (nSPS) is 19.1. The Morgan fingerprint density at radius 2 is 1.77 bits per heavy atom. The molecule has 6 heteroatoms. The molecule has 0 radical (unpaired) electrons. The summed E-state index contributed by atoms with van der Waals surface area (Å²) in [4.78, 5) is 31.5. The SMILES string of the molecule is CC(=O)N1C=Cc2ccccc2C1CC(=O)N1CCCN(Cc2ccc(Cl)cc2)CC1. The molecule has 1 unspecified atom stereocenters. The maximum atomic E-state index is 13.2. The number of fused-ring (bicyclic) bond motifs is 1. The summed E-state index contributed by atoms with van der Waals surface area (Å²) in [5, 5.41) is 0.745. The third kappa shape index (κ3) is 5.17. The second-order valence-electron chi connectivity index (χ2n) is 8.23. The Labute approximate surface area is 188 Å². The van der Waals surface area contributed by atoms with E-state index < -0.39 is 0 Å². The van der Waals surface area contributed by atoms with Crippen molar-refractivity contribution >= 4 is 29.5 Å². The number of carbonyl (C=O) groups is 2. The number of hydrogen-bond donors (Lipinski definition) is 0. The van der Waals surface area contributed by atoms with E-state index in [9.17, 15) is 9.59 Å². The third-order valence-corrected chi connectivity index (χ3v) is 6.35. The Balaban J connectivity index is 1.40. The molecule has 1 saturated heterocycles. The highest BCUT2D eigenvalue weighted by Crippen LogP contribution is 2.33. The molecule has 0 bridgehead atoms. The average molecular weight is 438 g/mol. The highest BCUT2D eigenvalue weighted by molar-refractivity contribution is 6.30. The molecule has 0 N–H and O–H groups in total. The Kier molecular flexibility index (Phi) is 6.73. The second-order valence-corrected chi connectivity index (χ2v) is 8.66. The monoisotopic (exact) mass is 437 g/mol. The molecule has 0 aromatic heterocycles. The summed E-state index contributed by atoms with van der Waals surface area (Å²) >= 11 is 5.99. The molecule has 0 aliphatic carbocycles. The van der Waals surface area contributed by atoms with Gasteiger partial charge in [0.05, 0.1) is 12.5 Å². The molecule has 2 amide bonds. The van der Waals surface area contributed by atoms with Crippen LogP contribution in [0.25, 0.3) is 6.08 Å². The van der Waals surface area contributed by atoms with Gasteiger partial charge in [0.2, 0.25) is 11.8 Å². The van der Waals surface area contributed by atoms with E-state index in [-0.39, 0.29) is 17.9 Å². The number of rotatable bonds is 4. The summed E-state index contributed by atoms with van der Waals surface area (Å²) in [5.74, 6) is 0.0586. The van der Waals surface area contributed by atoms with Crippen LogP contribution in [0.3, 0.4) is 0 Å². The van der Waals surface area contributed by atoms with Gasteiger partial charge in [0.1, 0.15) is 0 Å². The largest absolute Gasteiger partial charge is 0.341 e. The molecule has 0 saturated carbocycles. The zero-order valence-electron chi connectivity index (χ0n) is 17.8. The molecule has 1 fully saturated rings. The van der Waals surface area contributed by atoms with Crippen LogP contribution in [0.1, 0.15) is 42.5 Å². The standard InChI is InChI=1S/C25H28ClN3O2/c1-19(30)29-14-11-21-5-2-3-6-23(21)24(29)17-25(31)28-13-4-12-27(15-16-28)18-20-7-9-22(26)10-8-20/h2-3,5-11,14,24H,4,12-13,15-18H2,1H3. The molecule has 1 atom stereocenters. The minimum Gasteiger partial charge on any atom is -0.341 e. The number of hydrogen-bond acceptors (Lipinski definition) is 3. The van der Waals surface area contributed by atoms with Gasteiger partial charge in [-0.15, -0.1) is 0 Å². The number of halogens is 1. The van der Waals surface area contributed by atoms with Crippen LogP contribution in [0.2, 0.25) is 5.02 Å². The van der Waals surface area contributed by atoms with Gasteiger partial charge in [0.25, 0.3) is 0 Å². The highest BCUT2D eigenvalue weighted by Gasteiger charge is 2.30. The van der Waals surface area contributed by atoms with Gasteiger partial charge in [-0.25, -0.2) is 0 Å². The van der Waals surface area contributed by atoms with Crippen molar-refractivity contribution < 1.29 is 9.59 Å². The molecule has 5 nitrogen and oxygen atoms in total. The lowest BCUT2D eigenvalue weighted by atomic mass is 9.93. The first-order chi connectivity index (χ1) is 15.0. The fourth-order valence-corrected chi connectivity index (χ4v) is 4.56. The van der Waals surface area contributed by atoms with Crippen LogP contribution < -0.4 is 0 Å². The fraction of sp³-hybridized carbons (Fsp3) is 0.360. The van der Waals surface area contributed by atoms with Crippen LogP contribution >= 0.6 is 11.6 Å². The van der Waals surface area contributed by atoms with E-state index in [0.717, 1.165) is 48.7 Å². The molecule has 0 spiro atoms. The van der Waals surface area contributed by atoms with Crippen LogP contribution in [-0.4, -0.2) is 52.7 Å². The van der Waals surface area contributed by atoms with Gasteiger partial charge in [-0.05, 0) is 41.3 Å². The Morgan fingerprint density at radius 1 is 1.00 bits per heavy atom. The summed E-state index contributed by atoms with van der Waals surface area (Å²) in [6.07, 6.45) is 4.99. The predicted octanol–water partition coefficient (Wildman–Crippen LogP) is 4.34. The van der Waals surface area contributed by atoms with Crippen molar-refractivity contribution in [3.63, 3.8) is 0 Å². The van der Waals surface area contributed by atoms with Crippen molar-refractivity contribution in [2.75, 3.05) is 26.2 Å². The molecule has 2 aliphatic heterocycles. The van der Waals surface area contributed by atoms with E-state index in [4.69, 9.17) is 11.6 Å². The summed E-state index contributed by atoms with van der Waals surface area (Å²) in [5.41, 5.74) is 3.34. The topological polar surface area (TPSA) is 43.9 Å². The number of carbonyl (C=O) groups excluding carboxylic acids is 2. The van der Waals surface area contributed by atoms with Crippen LogP contribution in [0.5, 0.6) is 0 Å². The molecule has 31 heavy (non-hydrogen) atoms. The minimum absolute atomic E-state index is 0.0476.